The molecular formula is C13H20NP. The standard InChI is InChI=1S/C13H17N.H3P/c1-7-6-12-13(9(3)8(7)2)10(4)11(5)14-12;/h6,14H,1-5H3;1H3. The van der Waals surface area contributed by atoms with Gasteiger partial charge in [0, 0.05) is 16.6 Å². The second kappa shape index (κ2) is 3.98. The molecule has 1 atom stereocenters. The Labute approximate surface area is 94.9 Å². The van der Waals surface area contributed by atoms with E-state index in [2.05, 4.69) is 45.7 Å². The maximum absolute atomic E-state index is 3.44. The third kappa shape index (κ3) is 1.70. The lowest BCUT2D eigenvalue weighted by molar-refractivity contribution is 1.25. The molecule has 0 bridgehead atoms. The maximum Gasteiger partial charge on any atom is 0.0464 e. The molecule has 1 aromatic carbocycles. The number of rotatable bonds is 0. The molecule has 2 rings (SSSR count). The van der Waals surface area contributed by atoms with E-state index >= 15 is 0 Å². The molecule has 2 aromatic rings. The van der Waals surface area contributed by atoms with Crippen molar-refractivity contribution in [3.05, 3.63) is 34.0 Å². The van der Waals surface area contributed by atoms with Gasteiger partial charge in [-0.05, 0) is 62.9 Å². The van der Waals surface area contributed by atoms with Crippen molar-refractivity contribution in [3.63, 3.8) is 0 Å². The Morgan fingerprint density at radius 1 is 0.867 bits per heavy atom. The lowest BCUT2D eigenvalue weighted by atomic mass is 9.98. The van der Waals surface area contributed by atoms with Crippen molar-refractivity contribution in [2.24, 2.45) is 0 Å². The predicted octanol–water partition coefficient (Wildman–Crippen LogP) is 3.77. The molecule has 1 N–H and O–H groups in total. The van der Waals surface area contributed by atoms with Gasteiger partial charge < -0.3 is 4.98 Å². The minimum atomic E-state index is 0. The van der Waals surface area contributed by atoms with Crippen LogP contribution in [0.3, 0.4) is 0 Å². The van der Waals surface area contributed by atoms with Crippen LogP contribution in [0, 0.1) is 34.6 Å². The zero-order valence-electron chi connectivity index (χ0n) is 10.3. The van der Waals surface area contributed by atoms with Gasteiger partial charge in [0.05, 0.1) is 0 Å². The highest BCUT2D eigenvalue weighted by atomic mass is 31.0. The van der Waals surface area contributed by atoms with E-state index in [4.69, 9.17) is 0 Å². The number of fused-ring (bicyclic) bond motifs is 1. The summed E-state index contributed by atoms with van der Waals surface area (Å²) in [6.07, 6.45) is 0. The van der Waals surface area contributed by atoms with Gasteiger partial charge in [0.15, 0.2) is 0 Å². The van der Waals surface area contributed by atoms with Gasteiger partial charge in [-0.25, -0.2) is 0 Å². The van der Waals surface area contributed by atoms with Gasteiger partial charge in [-0.1, -0.05) is 0 Å². The second-order valence-electron chi connectivity index (χ2n) is 4.24. The third-order valence-corrected chi connectivity index (χ3v) is 3.42. The Kier molecular flexibility index (Phi) is 3.25. The SMILES string of the molecule is Cc1cc2[nH]c(C)c(C)c2c(C)c1C.P. The quantitative estimate of drug-likeness (QED) is 0.652. The van der Waals surface area contributed by atoms with Crippen LogP contribution in [0.2, 0.25) is 0 Å². The number of hydrogen-bond donors (Lipinski definition) is 1. The molecule has 0 fully saturated rings. The van der Waals surface area contributed by atoms with Crippen LogP contribution in [0.1, 0.15) is 27.9 Å². The van der Waals surface area contributed by atoms with Gasteiger partial charge in [0.1, 0.15) is 0 Å². The van der Waals surface area contributed by atoms with Gasteiger partial charge >= 0.3 is 0 Å². The van der Waals surface area contributed by atoms with Gasteiger partial charge in [0.2, 0.25) is 0 Å². The van der Waals surface area contributed by atoms with Crippen LogP contribution >= 0.6 is 9.90 Å². The van der Waals surface area contributed by atoms with Crippen LogP contribution in [-0.4, -0.2) is 4.98 Å². The number of aromatic nitrogens is 1. The van der Waals surface area contributed by atoms with E-state index in [0.717, 1.165) is 0 Å². The molecule has 0 radical (unpaired) electrons. The summed E-state index contributed by atoms with van der Waals surface area (Å²) in [7, 11) is 0. The van der Waals surface area contributed by atoms with Crippen molar-refractivity contribution in [1.29, 1.82) is 0 Å². The molecule has 1 heterocycles. The van der Waals surface area contributed by atoms with Crippen molar-refractivity contribution in [2.75, 3.05) is 0 Å². The van der Waals surface area contributed by atoms with Crippen molar-refractivity contribution in [1.82, 2.24) is 4.98 Å². The Morgan fingerprint density at radius 3 is 2.07 bits per heavy atom. The lowest BCUT2D eigenvalue weighted by Crippen LogP contribution is -1.87. The summed E-state index contributed by atoms with van der Waals surface area (Å²) in [6, 6.07) is 2.25. The van der Waals surface area contributed by atoms with Gasteiger partial charge in [0.25, 0.3) is 0 Å². The average Bonchev–Trinajstić information content (AvgIpc) is 2.39. The molecule has 1 aromatic heterocycles. The zero-order chi connectivity index (χ0) is 10.5. The monoisotopic (exact) mass is 221 g/mol. The maximum atomic E-state index is 3.44. The van der Waals surface area contributed by atoms with E-state index in [1.165, 1.54) is 38.9 Å². The minimum absolute atomic E-state index is 0. The third-order valence-electron chi connectivity index (χ3n) is 3.42. The number of H-pyrrole nitrogens is 1. The molecule has 1 nitrogen and oxygen atoms in total. The van der Waals surface area contributed by atoms with Gasteiger partial charge in [-0.2, -0.15) is 9.90 Å². The summed E-state index contributed by atoms with van der Waals surface area (Å²) in [5.74, 6) is 0. The Morgan fingerprint density at radius 2 is 1.47 bits per heavy atom. The molecule has 15 heavy (non-hydrogen) atoms. The molecule has 0 aliphatic heterocycles. The largest absolute Gasteiger partial charge is 0.358 e. The van der Waals surface area contributed by atoms with Crippen LogP contribution < -0.4 is 0 Å². The van der Waals surface area contributed by atoms with E-state index in [0.29, 0.717) is 0 Å². The number of benzene rings is 1. The average molecular weight is 221 g/mol. The predicted molar refractivity (Wildman–Crippen MR) is 73.1 cm³/mol. The van der Waals surface area contributed by atoms with Crippen LogP contribution in [0.15, 0.2) is 6.07 Å². The zero-order valence-corrected chi connectivity index (χ0v) is 11.7. The van der Waals surface area contributed by atoms with Crippen LogP contribution in [0.5, 0.6) is 0 Å². The van der Waals surface area contributed by atoms with E-state index < -0.39 is 0 Å². The summed E-state index contributed by atoms with van der Waals surface area (Å²) in [4.78, 5) is 3.44. The molecule has 0 saturated heterocycles. The van der Waals surface area contributed by atoms with E-state index in [1.807, 2.05) is 0 Å². The number of aryl methyl sites for hydroxylation is 4. The minimum Gasteiger partial charge on any atom is -0.358 e. The smallest absolute Gasteiger partial charge is 0.0464 e. The van der Waals surface area contributed by atoms with Crippen molar-refractivity contribution in [3.8, 4) is 0 Å². The number of nitrogens with one attached hydrogen (secondary N) is 1. The second-order valence-corrected chi connectivity index (χ2v) is 4.24. The summed E-state index contributed by atoms with van der Waals surface area (Å²) in [5.41, 5.74) is 8.16. The highest BCUT2D eigenvalue weighted by Crippen LogP contribution is 2.28. The van der Waals surface area contributed by atoms with E-state index in [1.54, 1.807) is 0 Å². The highest BCUT2D eigenvalue weighted by Gasteiger charge is 2.09. The van der Waals surface area contributed by atoms with Crippen LogP contribution in [0.25, 0.3) is 10.9 Å². The molecular weight excluding hydrogens is 201 g/mol. The van der Waals surface area contributed by atoms with E-state index in [9.17, 15) is 0 Å². The first-order valence-electron chi connectivity index (χ1n) is 5.08. The lowest BCUT2D eigenvalue weighted by Gasteiger charge is -2.06. The first kappa shape index (κ1) is 12.3. The van der Waals surface area contributed by atoms with E-state index in [-0.39, 0.29) is 9.90 Å². The fourth-order valence-electron chi connectivity index (χ4n) is 2.15. The van der Waals surface area contributed by atoms with Crippen molar-refractivity contribution < 1.29 is 0 Å². The van der Waals surface area contributed by atoms with Crippen LogP contribution in [0.4, 0.5) is 0 Å². The summed E-state index contributed by atoms with van der Waals surface area (Å²) < 4.78 is 0. The Hall–Kier alpha value is -0.810. The summed E-state index contributed by atoms with van der Waals surface area (Å²) in [6.45, 7) is 10.9. The summed E-state index contributed by atoms with van der Waals surface area (Å²) in [5, 5.41) is 1.41. The van der Waals surface area contributed by atoms with Gasteiger partial charge in [-0.3, -0.25) is 0 Å². The fourth-order valence-corrected chi connectivity index (χ4v) is 2.15. The molecule has 0 spiro atoms. The molecule has 0 aliphatic carbocycles. The first-order valence-corrected chi connectivity index (χ1v) is 5.08. The molecule has 2 heteroatoms. The molecule has 1 unspecified atom stereocenters. The molecule has 0 aliphatic rings. The van der Waals surface area contributed by atoms with Crippen molar-refractivity contribution >= 4 is 20.8 Å². The highest BCUT2D eigenvalue weighted by molar-refractivity contribution is 6.92. The Balaban J connectivity index is 0.00000112. The number of aromatic amines is 1. The topological polar surface area (TPSA) is 15.8 Å². The molecule has 0 amide bonds. The molecule has 82 valence electrons. The Bertz CT molecular complexity index is 509. The fraction of sp³-hybridized carbons (Fsp3) is 0.385. The first-order chi connectivity index (χ1) is 6.52. The van der Waals surface area contributed by atoms with Crippen LogP contribution in [-0.2, 0) is 0 Å². The normalized spacial score (nSPS) is 10.5. The number of hydrogen-bond acceptors (Lipinski definition) is 0. The molecule has 0 saturated carbocycles. The summed E-state index contributed by atoms with van der Waals surface area (Å²) >= 11 is 0. The van der Waals surface area contributed by atoms with Crippen molar-refractivity contribution in [2.45, 2.75) is 34.6 Å². The van der Waals surface area contributed by atoms with Gasteiger partial charge in [-0.15, -0.1) is 0 Å².